The molecule has 104 valence electrons. The molecule has 4 nitrogen and oxygen atoms in total. The number of carbonyl (C=O) groups is 1. The fourth-order valence-electron chi connectivity index (χ4n) is 3.20. The molecule has 4 heteroatoms. The molecule has 1 heterocycles. The Morgan fingerprint density at radius 3 is 2.61 bits per heavy atom. The van der Waals surface area contributed by atoms with Crippen LogP contribution in [-0.2, 0) is 9.53 Å². The van der Waals surface area contributed by atoms with Gasteiger partial charge in [0.15, 0.2) is 0 Å². The molecule has 1 aliphatic carbocycles. The maximum absolute atomic E-state index is 12.2. The van der Waals surface area contributed by atoms with Gasteiger partial charge in [0, 0.05) is 12.6 Å². The molecule has 1 amide bonds. The summed E-state index contributed by atoms with van der Waals surface area (Å²) in [5.41, 5.74) is 5.68. The Balaban J connectivity index is 1.77. The second kappa shape index (κ2) is 6.53. The van der Waals surface area contributed by atoms with Crippen LogP contribution >= 0.6 is 0 Å². The second-order valence-electron chi connectivity index (χ2n) is 5.67. The van der Waals surface area contributed by atoms with Crippen molar-refractivity contribution in [3.05, 3.63) is 0 Å². The zero-order valence-corrected chi connectivity index (χ0v) is 11.4. The fraction of sp³-hybridized carbons (Fsp3) is 0.929. The molecular weight excluding hydrogens is 228 g/mol. The van der Waals surface area contributed by atoms with E-state index in [1.807, 2.05) is 0 Å². The SMILES string of the molecule is CCC1OCCC1C(=O)NC1CCC(CN)CC1. The first-order chi connectivity index (χ1) is 8.74. The minimum absolute atomic E-state index is 0.0715. The number of ether oxygens (including phenoxy) is 1. The van der Waals surface area contributed by atoms with Gasteiger partial charge in [-0.3, -0.25) is 4.79 Å². The zero-order valence-electron chi connectivity index (χ0n) is 11.4. The molecule has 0 aromatic carbocycles. The van der Waals surface area contributed by atoms with Crippen LogP contribution in [0.4, 0.5) is 0 Å². The van der Waals surface area contributed by atoms with Gasteiger partial charge in [0.05, 0.1) is 12.0 Å². The Morgan fingerprint density at radius 1 is 1.28 bits per heavy atom. The number of nitrogens with one attached hydrogen (secondary N) is 1. The highest BCUT2D eigenvalue weighted by atomic mass is 16.5. The molecule has 0 bridgehead atoms. The van der Waals surface area contributed by atoms with E-state index in [0.717, 1.165) is 51.7 Å². The van der Waals surface area contributed by atoms with Crippen LogP contribution in [0, 0.1) is 11.8 Å². The molecule has 1 saturated heterocycles. The molecule has 3 N–H and O–H groups in total. The molecule has 0 aromatic rings. The van der Waals surface area contributed by atoms with E-state index >= 15 is 0 Å². The second-order valence-corrected chi connectivity index (χ2v) is 5.67. The van der Waals surface area contributed by atoms with Crippen molar-refractivity contribution in [2.45, 2.75) is 57.6 Å². The topological polar surface area (TPSA) is 64.3 Å². The summed E-state index contributed by atoms with van der Waals surface area (Å²) in [6.07, 6.45) is 6.40. The van der Waals surface area contributed by atoms with Gasteiger partial charge < -0.3 is 15.8 Å². The molecule has 2 aliphatic rings. The van der Waals surface area contributed by atoms with Gasteiger partial charge in [-0.15, -0.1) is 0 Å². The molecule has 0 spiro atoms. The van der Waals surface area contributed by atoms with E-state index in [1.54, 1.807) is 0 Å². The van der Waals surface area contributed by atoms with Crippen molar-refractivity contribution < 1.29 is 9.53 Å². The molecule has 2 fully saturated rings. The molecular formula is C14H26N2O2. The van der Waals surface area contributed by atoms with Crippen LogP contribution in [0.15, 0.2) is 0 Å². The van der Waals surface area contributed by atoms with Crippen LogP contribution in [0.1, 0.15) is 45.4 Å². The largest absolute Gasteiger partial charge is 0.377 e. The van der Waals surface area contributed by atoms with Gasteiger partial charge in [-0.1, -0.05) is 6.92 Å². The summed E-state index contributed by atoms with van der Waals surface area (Å²) in [7, 11) is 0. The summed E-state index contributed by atoms with van der Waals surface area (Å²) in [5.74, 6) is 0.939. The van der Waals surface area contributed by atoms with Crippen molar-refractivity contribution in [3.8, 4) is 0 Å². The molecule has 2 rings (SSSR count). The number of rotatable bonds is 4. The normalized spacial score (nSPS) is 36.6. The Labute approximate surface area is 110 Å². The minimum atomic E-state index is 0.0715. The van der Waals surface area contributed by atoms with Crippen LogP contribution < -0.4 is 11.1 Å². The van der Waals surface area contributed by atoms with Crippen molar-refractivity contribution >= 4 is 5.91 Å². The maximum Gasteiger partial charge on any atom is 0.226 e. The van der Waals surface area contributed by atoms with Crippen LogP contribution in [0.5, 0.6) is 0 Å². The van der Waals surface area contributed by atoms with Gasteiger partial charge in [0.25, 0.3) is 0 Å². The average molecular weight is 254 g/mol. The van der Waals surface area contributed by atoms with E-state index < -0.39 is 0 Å². The van der Waals surface area contributed by atoms with Crippen LogP contribution in [0.25, 0.3) is 0 Å². The third-order valence-electron chi connectivity index (χ3n) is 4.48. The molecule has 2 unspecified atom stereocenters. The highest BCUT2D eigenvalue weighted by molar-refractivity contribution is 5.79. The predicted octanol–water partition coefficient (Wildman–Crippen LogP) is 1.44. The van der Waals surface area contributed by atoms with E-state index in [4.69, 9.17) is 10.5 Å². The van der Waals surface area contributed by atoms with Crippen molar-refractivity contribution in [3.63, 3.8) is 0 Å². The van der Waals surface area contributed by atoms with Crippen LogP contribution in [0.3, 0.4) is 0 Å². The molecule has 0 radical (unpaired) electrons. The monoisotopic (exact) mass is 254 g/mol. The van der Waals surface area contributed by atoms with Gasteiger partial charge in [-0.05, 0) is 51.0 Å². The highest BCUT2D eigenvalue weighted by Gasteiger charge is 2.34. The van der Waals surface area contributed by atoms with Gasteiger partial charge in [-0.2, -0.15) is 0 Å². The first-order valence-electron chi connectivity index (χ1n) is 7.36. The van der Waals surface area contributed by atoms with Crippen molar-refractivity contribution in [2.75, 3.05) is 13.2 Å². The summed E-state index contributed by atoms with van der Waals surface area (Å²) in [5, 5.41) is 3.21. The van der Waals surface area contributed by atoms with Gasteiger partial charge in [0.1, 0.15) is 0 Å². The highest BCUT2D eigenvalue weighted by Crippen LogP contribution is 2.26. The van der Waals surface area contributed by atoms with E-state index in [2.05, 4.69) is 12.2 Å². The zero-order chi connectivity index (χ0) is 13.0. The summed E-state index contributed by atoms with van der Waals surface area (Å²) in [4.78, 5) is 12.2. The Kier molecular flexibility index (Phi) is 5.01. The minimum Gasteiger partial charge on any atom is -0.377 e. The lowest BCUT2D eigenvalue weighted by Gasteiger charge is -2.29. The average Bonchev–Trinajstić information content (AvgIpc) is 2.88. The van der Waals surface area contributed by atoms with E-state index in [-0.39, 0.29) is 17.9 Å². The standard InChI is InChI=1S/C14H26N2O2/c1-2-13-12(7-8-18-13)14(17)16-11-5-3-10(9-15)4-6-11/h10-13H,2-9,15H2,1H3,(H,16,17). The quantitative estimate of drug-likeness (QED) is 0.798. The van der Waals surface area contributed by atoms with E-state index in [0.29, 0.717) is 12.0 Å². The lowest BCUT2D eigenvalue weighted by molar-refractivity contribution is -0.127. The van der Waals surface area contributed by atoms with Crippen LogP contribution in [0.2, 0.25) is 0 Å². The van der Waals surface area contributed by atoms with E-state index in [9.17, 15) is 4.79 Å². The van der Waals surface area contributed by atoms with Crippen molar-refractivity contribution in [1.82, 2.24) is 5.32 Å². The van der Waals surface area contributed by atoms with Gasteiger partial charge in [0.2, 0.25) is 5.91 Å². The summed E-state index contributed by atoms with van der Waals surface area (Å²) in [6.45, 7) is 3.61. The first kappa shape index (κ1) is 13.8. The smallest absolute Gasteiger partial charge is 0.226 e. The van der Waals surface area contributed by atoms with E-state index in [1.165, 1.54) is 0 Å². The third kappa shape index (κ3) is 3.23. The molecule has 2 atom stereocenters. The molecule has 1 aliphatic heterocycles. The molecule has 0 aromatic heterocycles. The lowest BCUT2D eigenvalue weighted by Crippen LogP contribution is -2.43. The Bertz CT molecular complexity index is 275. The maximum atomic E-state index is 12.2. The molecule has 1 saturated carbocycles. The first-order valence-corrected chi connectivity index (χ1v) is 7.36. The number of carbonyl (C=O) groups excluding carboxylic acids is 1. The fourth-order valence-corrected chi connectivity index (χ4v) is 3.20. The molecule has 18 heavy (non-hydrogen) atoms. The lowest BCUT2D eigenvalue weighted by atomic mass is 9.85. The number of amides is 1. The van der Waals surface area contributed by atoms with Gasteiger partial charge >= 0.3 is 0 Å². The Hall–Kier alpha value is -0.610. The summed E-state index contributed by atoms with van der Waals surface area (Å²) >= 11 is 0. The van der Waals surface area contributed by atoms with Gasteiger partial charge in [-0.25, -0.2) is 0 Å². The predicted molar refractivity (Wildman–Crippen MR) is 71.1 cm³/mol. The number of hydrogen-bond donors (Lipinski definition) is 2. The van der Waals surface area contributed by atoms with Crippen LogP contribution in [-0.4, -0.2) is 31.2 Å². The van der Waals surface area contributed by atoms with Crippen molar-refractivity contribution in [2.24, 2.45) is 17.6 Å². The van der Waals surface area contributed by atoms with Crippen molar-refractivity contribution in [1.29, 1.82) is 0 Å². The Morgan fingerprint density at radius 2 is 2.00 bits per heavy atom. The summed E-state index contributed by atoms with van der Waals surface area (Å²) < 4.78 is 5.58. The third-order valence-corrected chi connectivity index (χ3v) is 4.48. The number of nitrogens with two attached hydrogens (primary N) is 1. The summed E-state index contributed by atoms with van der Waals surface area (Å²) in [6, 6.07) is 0.360. The number of hydrogen-bond acceptors (Lipinski definition) is 3.